The molecule has 1 saturated heterocycles. The van der Waals surface area contributed by atoms with E-state index in [-0.39, 0.29) is 18.2 Å². The Morgan fingerprint density at radius 2 is 1.96 bits per heavy atom. The number of anilines is 1. The highest BCUT2D eigenvalue weighted by Gasteiger charge is 2.27. The zero-order chi connectivity index (χ0) is 17.5. The van der Waals surface area contributed by atoms with E-state index in [0.717, 1.165) is 18.4 Å². The molecule has 1 atom stereocenters. The van der Waals surface area contributed by atoms with Gasteiger partial charge in [0.1, 0.15) is 0 Å². The number of likely N-dealkylation sites (tertiary alicyclic amines) is 1. The molecule has 1 unspecified atom stereocenters. The van der Waals surface area contributed by atoms with Gasteiger partial charge in [-0.05, 0) is 37.0 Å². The van der Waals surface area contributed by atoms with Crippen LogP contribution in [0.5, 0.6) is 0 Å². The summed E-state index contributed by atoms with van der Waals surface area (Å²) in [6, 6.07) is 7.20. The third-order valence-electron chi connectivity index (χ3n) is 4.19. The molecule has 0 spiro atoms. The van der Waals surface area contributed by atoms with Gasteiger partial charge in [-0.15, -0.1) is 0 Å². The molecule has 1 aromatic rings. The molecule has 0 radical (unpaired) electrons. The second kappa shape index (κ2) is 8.47. The molecule has 0 aromatic heterocycles. The number of carbonyl (C=O) groups is 3. The van der Waals surface area contributed by atoms with Gasteiger partial charge in [0.2, 0.25) is 11.8 Å². The fraction of sp³-hybridized carbons (Fsp3) is 0.500. The van der Waals surface area contributed by atoms with Crippen LogP contribution in [0.3, 0.4) is 0 Å². The van der Waals surface area contributed by atoms with Gasteiger partial charge in [0.15, 0.2) is 0 Å². The van der Waals surface area contributed by atoms with Gasteiger partial charge in [-0.1, -0.05) is 19.1 Å². The molecule has 1 aliphatic rings. The Balaban J connectivity index is 1.89. The van der Waals surface area contributed by atoms with Crippen molar-refractivity contribution in [3.8, 4) is 0 Å². The van der Waals surface area contributed by atoms with E-state index < -0.39 is 11.9 Å². The molecule has 1 fully saturated rings. The molecular formula is C18H24N2O4. The zero-order valence-electron chi connectivity index (χ0n) is 14.0. The van der Waals surface area contributed by atoms with Crippen LogP contribution in [0.25, 0.3) is 0 Å². The van der Waals surface area contributed by atoms with Crippen LogP contribution in [0.4, 0.5) is 5.69 Å². The molecule has 0 aliphatic carbocycles. The van der Waals surface area contributed by atoms with Gasteiger partial charge in [-0.2, -0.15) is 0 Å². The fourth-order valence-corrected chi connectivity index (χ4v) is 2.85. The van der Waals surface area contributed by atoms with Crippen molar-refractivity contribution in [1.29, 1.82) is 0 Å². The molecule has 2 N–H and O–H groups in total. The normalized spacial score (nSPS) is 17.4. The molecule has 0 bridgehead atoms. The lowest BCUT2D eigenvalue weighted by Gasteiger charge is -2.30. The molecule has 130 valence electrons. The molecular weight excluding hydrogens is 308 g/mol. The summed E-state index contributed by atoms with van der Waals surface area (Å²) in [5.74, 6) is -1.36. The molecule has 1 aromatic carbocycles. The average Bonchev–Trinajstić information content (AvgIpc) is 2.57. The van der Waals surface area contributed by atoms with Crippen molar-refractivity contribution in [3.63, 3.8) is 0 Å². The maximum Gasteiger partial charge on any atom is 0.308 e. The first kappa shape index (κ1) is 18.0. The summed E-state index contributed by atoms with van der Waals surface area (Å²) in [5, 5.41) is 11.9. The Morgan fingerprint density at radius 3 is 2.58 bits per heavy atom. The number of aliphatic carboxylic acids is 1. The van der Waals surface area contributed by atoms with Crippen LogP contribution in [-0.2, 0) is 20.8 Å². The lowest BCUT2D eigenvalue weighted by atomic mass is 9.97. The fourth-order valence-electron chi connectivity index (χ4n) is 2.85. The van der Waals surface area contributed by atoms with Gasteiger partial charge < -0.3 is 15.3 Å². The number of nitrogens with zero attached hydrogens (tertiary/aromatic N) is 1. The van der Waals surface area contributed by atoms with Crippen molar-refractivity contribution in [1.82, 2.24) is 4.90 Å². The standard InChI is InChI=1S/C18H24N2O4/c1-2-4-16(21)19-15-8-6-13(7-9-15)11-17(22)20-10-3-5-14(12-20)18(23)24/h6-9,14H,2-5,10-12H2,1H3,(H,19,21)(H,23,24). The van der Waals surface area contributed by atoms with Crippen LogP contribution < -0.4 is 5.32 Å². The topological polar surface area (TPSA) is 86.7 Å². The molecule has 1 heterocycles. The van der Waals surface area contributed by atoms with Crippen molar-refractivity contribution in [3.05, 3.63) is 29.8 Å². The van der Waals surface area contributed by atoms with Crippen LogP contribution in [-0.4, -0.2) is 40.9 Å². The second-order valence-corrected chi connectivity index (χ2v) is 6.19. The average molecular weight is 332 g/mol. The quantitative estimate of drug-likeness (QED) is 0.837. The van der Waals surface area contributed by atoms with Crippen LogP contribution >= 0.6 is 0 Å². The van der Waals surface area contributed by atoms with Gasteiger partial charge in [-0.25, -0.2) is 0 Å². The number of hydrogen-bond acceptors (Lipinski definition) is 3. The number of piperidine rings is 1. The van der Waals surface area contributed by atoms with E-state index in [9.17, 15) is 14.4 Å². The molecule has 6 nitrogen and oxygen atoms in total. The van der Waals surface area contributed by atoms with Crippen LogP contribution in [0.15, 0.2) is 24.3 Å². The van der Waals surface area contributed by atoms with Gasteiger partial charge >= 0.3 is 5.97 Å². The Hall–Kier alpha value is -2.37. The second-order valence-electron chi connectivity index (χ2n) is 6.19. The van der Waals surface area contributed by atoms with E-state index in [4.69, 9.17) is 5.11 Å². The summed E-state index contributed by atoms with van der Waals surface area (Å²) in [7, 11) is 0. The highest BCUT2D eigenvalue weighted by Crippen LogP contribution is 2.18. The maximum atomic E-state index is 12.3. The summed E-state index contributed by atoms with van der Waals surface area (Å²) >= 11 is 0. The van der Waals surface area contributed by atoms with Crippen molar-refractivity contribution < 1.29 is 19.5 Å². The third-order valence-corrected chi connectivity index (χ3v) is 4.19. The highest BCUT2D eigenvalue weighted by molar-refractivity contribution is 5.90. The Morgan fingerprint density at radius 1 is 1.25 bits per heavy atom. The van der Waals surface area contributed by atoms with Crippen molar-refractivity contribution in [2.45, 2.75) is 39.0 Å². The monoisotopic (exact) mass is 332 g/mol. The van der Waals surface area contributed by atoms with E-state index in [1.54, 1.807) is 17.0 Å². The number of nitrogens with one attached hydrogen (secondary N) is 1. The van der Waals surface area contributed by atoms with Crippen molar-refractivity contribution in [2.75, 3.05) is 18.4 Å². The van der Waals surface area contributed by atoms with Gasteiger partial charge in [0.25, 0.3) is 0 Å². The predicted octanol–water partition coefficient (Wildman–Crippen LogP) is 2.29. The first-order valence-corrected chi connectivity index (χ1v) is 8.39. The molecule has 2 amide bonds. The number of carboxylic acid groups (broad SMARTS) is 1. The Bertz CT molecular complexity index is 598. The van der Waals surface area contributed by atoms with Crippen molar-refractivity contribution >= 4 is 23.5 Å². The summed E-state index contributed by atoms with van der Waals surface area (Å²) in [5.41, 5.74) is 1.57. The minimum Gasteiger partial charge on any atom is -0.481 e. The van der Waals surface area contributed by atoms with Crippen LogP contribution in [0.2, 0.25) is 0 Å². The number of hydrogen-bond donors (Lipinski definition) is 2. The van der Waals surface area contributed by atoms with E-state index in [0.29, 0.717) is 31.6 Å². The summed E-state index contributed by atoms with van der Waals surface area (Å²) in [6.07, 6.45) is 2.89. The zero-order valence-corrected chi connectivity index (χ0v) is 14.0. The summed E-state index contributed by atoms with van der Waals surface area (Å²) in [6.45, 7) is 2.86. The first-order chi connectivity index (χ1) is 11.5. The minimum atomic E-state index is -0.834. The summed E-state index contributed by atoms with van der Waals surface area (Å²) < 4.78 is 0. The van der Waals surface area contributed by atoms with Gasteiger partial charge in [0, 0.05) is 25.2 Å². The Kier molecular flexibility index (Phi) is 6.35. The lowest BCUT2D eigenvalue weighted by molar-refractivity contribution is -0.145. The molecule has 6 heteroatoms. The number of benzene rings is 1. The first-order valence-electron chi connectivity index (χ1n) is 8.39. The van der Waals surface area contributed by atoms with Gasteiger partial charge in [0.05, 0.1) is 12.3 Å². The molecule has 0 saturated carbocycles. The summed E-state index contributed by atoms with van der Waals surface area (Å²) in [4.78, 5) is 36.6. The minimum absolute atomic E-state index is 0.0191. The van der Waals surface area contributed by atoms with Crippen LogP contribution in [0, 0.1) is 5.92 Å². The number of amides is 2. The molecule has 1 aliphatic heterocycles. The highest BCUT2D eigenvalue weighted by atomic mass is 16.4. The number of carbonyl (C=O) groups excluding carboxylic acids is 2. The van der Waals surface area contributed by atoms with Gasteiger partial charge in [-0.3, -0.25) is 14.4 Å². The smallest absolute Gasteiger partial charge is 0.308 e. The number of rotatable bonds is 6. The van der Waals surface area contributed by atoms with E-state index in [1.807, 2.05) is 19.1 Å². The van der Waals surface area contributed by atoms with E-state index >= 15 is 0 Å². The van der Waals surface area contributed by atoms with Crippen molar-refractivity contribution in [2.24, 2.45) is 5.92 Å². The third kappa shape index (κ3) is 5.08. The molecule has 2 rings (SSSR count). The number of carboxylic acids is 1. The molecule has 24 heavy (non-hydrogen) atoms. The van der Waals surface area contributed by atoms with E-state index in [2.05, 4.69) is 5.32 Å². The SMILES string of the molecule is CCCC(=O)Nc1ccc(CC(=O)N2CCCC(C(=O)O)C2)cc1. The Labute approximate surface area is 141 Å². The largest absolute Gasteiger partial charge is 0.481 e. The maximum absolute atomic E-state index is 12.3. The predicted molar refractivity (Wildman–Crippen MR) is 90.6 cm³/mol. The van der Waals surface area contributed by atoms with E-state index in [1.165, 1.54) is 0 Å². The van der Waals surface area contributed by atoms with Crippen LogP contribution in [0.1, 0.15) is 38.2 Å². The lowest BCUT2D eigenvalue weighted by Crippen LogP contribution is -2.42.